The number of benzene rings is 2. The fraction of sp³-hybridized carbons (Fsp3) is 0.176. The molecule has 0 saturated heterocycles. The van der Waals surface area contributed by atoms with Gasteiger partial charge in [-0.05, 0) is 49.4 Å². The molecular formula is C17H14ClFN2OS. The van der Waals surface area contributed by atoms with Crippen molar-refractivity contribution in [2.45, 2.75) is 13.0 Å². The fourth-order valence-corrected chi connectivity index (χ4v) is 3.40. The maximum atomic E-state index is 13.5. The molecule has 23 heavy (non-hydrogen) atoms. The van der Waals surface area contributed by atoms with Crippen LogP contribution in [0.3, 0.4) is 0 Å². The second-order valence-electron chi connectivity index (χ2n) is 5.20. The largest absolute Gasteiger partial charge is 0.268 e. The minimum atomic E-state index is -0.443. The Morgan fingerprint density at radius 1 is 1.30 bits per heavy atom. The molecular weight excluding hydrogens is 335 g/mol. The number of hydrogen-bond donors (Lipinski definition) is 0. The summed E-state index contributed by atoms with van der Waals surface area (Å²) in [5, 5.41) is 1.20. The Morgan fingerprint density at radius 3 is 2.65 bits per heavy atom. The SMILES string of the molecule is C[C@H]1CSC(N(C(=O)c2cccc(F)c2)c2ccc(Cl)cc2)=N1. The minimum Gasteiger partial charge on any atom is -0.268 e. The maximum Gasteiger partial charge on any atom is 0.264 e. The van der Waals surface area contributed by atoms with Crippen LogP contribution in [-0.4, -0.2) is 22.9 Å². The van der Waals surface area contributed by atoms with Gasteiger partial charge in [-0.2, -0.15) is 0 Å². The normalized spacial score (nSPS) is 17.0. The number of amidine groups is 1. The lowest BCUT2D eigenvalue weighted by Gasteiger charge is -2.22. The molecule has 0 N–H and O–H groups in total. The number of aliphatic imine (C=N–C) groups is 1. The predicted octanol–water partition coefficient (Wildman–Crippen LogP) is 4.62. The molecule has 0 bridgehead atoms. The van der Waals surface area contributed by atoms with Gasteiger partial charge in [-0.3, -0.25) is 14.7 Å². The smallest absolute Gasteiger partial charge is 0.264 e. The molecule has 1 atom stereocenters. The Balaban J connectivity index is 2.03. The summed E-state index contributed by atoms with van der Waals surface area (Å²) in [5.41, 5.74) is 0.937. The summed E-state index contributed by atoms with van der Waals surface area (Å²) >= 11 is 7.44. The van der Waals surface area contributed by atoms with Crippen LogP contribution < -0.4 is 4.90 Å². The molecule has 0 saturated carbocycles. The number of amides is 1. The van der Waals surface area contributed by atoms with Crippen LogP contribution in [0.5, 0.6) is 0 Å². The Kier molecular flexibility index (Phi) is 4.68. The first-order valence-corrected chi connectivity index (χ1v) is 8.47. The van der Waals surface area contributed by atoms with Crippen molar-refractivity contribution in [1.82, 2.24) is 0 Å². The van der Waals surface area contributed by atoms with Crippen molar-refractivity contribution >= 4 is 40.1 Å². The molecule has 2 aromatic rings. The van der Waals surface area contributed by atoms with Crippen LogP contribution in [-0.2, 0) is 0 Å². The van der Waals surface area contributed by atoms with Crippen LogP contribution in [0.15, 0.2) is 53.5 Å². The Labute approximate surface area is 143 Å². The fourth-order valence-electron chi connectivity index (χ4n) is 2.24. The number of hydrogen-bond acceptors (Lipinski definition) is 3. The number of rotatable bonds is 2. The third kappa shape index (κ3) is 3.57. The molecule has 1 heterocycles. The molecule has 1 aliphatic rings. The molecule has 0 spiro atoms. The number of thioether (sulfide) groups is 1. The van der Waals surface area contributed by atoms with E-state index in [1.54, 1.807) is 30.3 Å². The molecule has 3 nitrogen and oxygen atoms in total. The van der Waals surface area contributed by atoms with E-state index in [0.717, 1.165) is 5.75 Å². The van der Waals surface area contributed by atoms with Crippen LogP contribution >= 0.6 is 23.4 Å². The third-order valence-electron chi connectivity index (χ3n) is 3.34. The molecule has 0 aliphatic carbocycles. The van der Waals surface area contributed by atoms with Gasteiger partial charge in [0.1, 0.15) is 5.82 Å². The maximum absolute atomic E-state index is 13.5. The van der Waals surface area contributed by atoms with Crippen molar-refractivity contribution in [1.29, 1.82) is 0 Å². The second-order valence-corrected chi connectivity index (χ2v) is 6.62. The van der Waals surface area contributed by atoms with Crippen molar-refractivity contribution in [3.63, 3.8) is 0 Å². The van der Waals surface area contributed by atoms with Gasteiger partial charge >= 0.3 is 0 Å². The quantitative estimate of drug-likeness (QED) is 0.793. The standard InChI is InChI=1S/C17H14ClFN2OS/c1-11-10-23-17(20-11)21(15-7-5-13(18)6-8-15)16(22)12-3-2-4-14(19)9-12/h2-9,11H,10H2,1H3/t11-/m0/s1. The minimum absolute atomic E-state index is 0.144. The predicted molar refractivity (Wildman–Crippen MR) is 94.0 cm³/mol. The number of carbonyl (C=O) groups is 1. The van der Waals surface area contributed by atoms with Crippen LogP contribution in [0.2, 0.25) is 5.02 Å². The number of halogens is 2. The number of nitrogens with zero attached hydrogens (tertiary/aromatic N) is 2. The second kappa shape index (κ2) is 6.72. The van der Waals surface area contributed by atoms with Crippen molar-refractivity contribution in [2.24, 2.45) is 4.99 Å². The van der Waals surface area contributed by atoms with E-state index < -0.39 is 5.82 Å². The van der Waals surface area contributed by atoms with Crippen molar-refractivity contribution < 1.29 is 9.18 Å². The topological polar surface area (TPSA) is 32.7 Å². The summed E-state index contributed by atoms with van der Waals surface area (Å²) in [6, 6.07) is 12.7. The number of anilines is 1. The van der Waals surface area contributed by atoms with Gasteiger partial charge in [0.25, 0.3) is 5.91 Å². The van der Waals surface area contributed by atoms with E-state index in [-0.39, 0.29) is 17.5 Å². The Bertz CT molecular complexity index is 763. The third-order valence-corrected chi connectivity index (χ3v) is 4.78. The Morgan fingerprint density at radius 2 is 2.04 bits per heavy atom. The van der Waals surface area contributed by atoms with Gasteiger partial charge < -0.3 is 0 Å². The van der Waals surface area contributed by atoms with E-state index in [1.807, 2.05) is 6.92 Å². The molecule has 0 radical (unpaired) electrons. The highest BCUT2D eigenvalue weighted by molar-refractivity contribution is 8.14. The van der Waals surface area contributed by atoms with Gasteiger partial charge in [0.05, 0.1) is 11.7 Å². The van der Waals surface area contributed by atoms with E-state index in [9.17, 15) is 9.18 Å². The average Bonchev–Trinajstić information content (AvgIpc) is 2.95. The summed E-state index contributed by atoms with van der Waals surface area (Å²) < 4.78 is 13.5. The summed E-state index contributed by atoms with van der Waals surface area (Å²) in [6.45, 7) is 1.99. The average molecular weight is 349 g/mol. The van der Waals surface area contributed by atoms with Crippen molar-refractivity contribution in [3.05, 3.63) is 64.9 Å². The highest BCUT2D eigenvalue weighted by Crippen LogP contribution is 2.28. The highest BCUT2D eigenvalue weighted by Gasteiger charge is 2.27. The molecule has 1 amide bonds. The van der Waals surface area contributed by atoms with Crippen molar-refractivity contribution in [3.8, 4) is 0 Å². The first kappa shape index (κ1) is 16.0. The highest BCUT2D eigenvalue weighted by atomic mass is 35.5. The van der Waals surface area contributed by atoms with Gasteiger partial charge in [0.15, 0.2) is 5.17 Å². The first-order chi connectivity index (χ1) is 11.0. The van der Waals surface area contributed by atoms with E-state index in [1.165, 1.54) is 34.9 Å². The zero-order chi connectivity index (χ0) is 16.4. The monoisotopic (exact) mass is 348 g/mol. The molecule has 6 heteroatoms. The lowest BCUT2D eigenvalue weighted by molar-refractivity contribution is 0.100. The summed E-state index contributed by atoms with van der Waals surface area (Å²) in [4.78, 5) is 18.9. The van der Waals surface area contributed by atoms with Gasteiger partial charge in [-0.1, -0.05) is 29.4 Å². The van der Waals surface area contributed by atoms with E-state index in [0.29, 0.717) is 15.9 Å². The Hall–Kier alpha value is -1.85. The van der Waals surface area contributed by atoms with Gasteiger partial charge in [0.2, 0.25) is 0 Å². The zero-order valence-corrected chi connectivity index (χ0v) is 13.9. The molecule has 3 rings (SSSR count). The summed E-state index contributed by atoms with van der Waals surface area (Å²) in [7, 11) is 0. The van der Waals surface area contributed by atoms with E-state index >= 15 is 0 Å². The van der Waals surface area contributed by atoms with Gasteiger partial charge in [0, 0.05) is 16.3 Å². The molecule has 2 aromatic carbocycles. The molecule has 0 unspecified atom stereocenters. The molecule has 118 valence electrons. The van der Waals surface area contributed by atoms with Crippen LogP contribution in [0, 0.1) is 5.82 Å². The van der Waals surface area contributed by atoms with Crippen molar-refractivity contribution in [2.75, 3.05) is 10.7 Å². The molecule has 1 aliphatic heterocycles. The summed E-state index contributed by atoms with van der Waals surface area (Å²) in [6.07, 6.45) is 0. The first-order valence-electron chi connectivity index (χ1n) is 7.11. The lowest BCUT2D eigenvalue weighted by Crippen LogP contribution is -2.34. The van der Waals surface area contributed by atoms with Gasteiger partial charge in [-0.15, -0.1) is 0 Å². The number of carbonyl (C=O) groups excluding carboxylic acids is 1. The van der Waals surface area contributed by atoms with Crippen LogP contribution in [0.1, 0.15) is 17.3 Å². The van der Waals surface area contributed by atoms with Gasteiger partial charge in [-0.25, -0.2) is 4.39 Å². The lowest BCUT2D eigenvalue weighted by atomic mass is 10.2. The van der Waals surface area contributed by atoms with Crippen LogP contribution in [0.25, 0.3) is 0 Å². The summed E-state index contributed by atoms with van der Waals surface area (Å²) in [5.74, 6) is 0.0593. The van der Waals surface area contributed by atoms with Crippen LogP contribution in [0.4, 0.5) is 10.1 Å². The zero-order valence-electron chi connectivity index (χ0n) is 12.4. The van der Waals surface area contributed by atoms with E-state index in [2.05, 4.69) is 4.99 Å². The molecule has 0 aromatic heterocycles. The molecule has 0 fully saturated rings. The van der Waals surface area contributed by atoms with E-state index in [4.69, 9.17) is 11.6 Å².